The van der Waals surface area contributed by atoms with E-state index in [0.29, 0.717) is 19.5 Å². The van der Waals surface area contributed by atoms with Gasteiger partial charge in [-0.05, 0) is 50.8 Å². The third kappa shape index (κ3) is 6.25. The van der Waals surface area contributed by atoms with Crippen LogP contribution in [0.15, 0.2) is 24.3 Å². The lowest BCUT2D eigenvalue weighted by atomic mass is 9.81. The molecule has 26 heavy (non-hydrogen) atoms. The van der Waals surface area contributed by atoms with E-state index in [4.69, 9.17) is 8.92 Å². The zero-order valence-electron chi connectivity index (χ0n) is 15.6. The van der Waals surface area contributed by atoms with Crippen molar-refractivity contribution in [1.82, 2.24) is 4.90 Å². The van der Waals surface area contributed by atoms with Crippen molar-refractivity contribution in [2.45, 2.75) is 38.7 Å². The van der Waals surface area contributed by atoms with Gasteiger partial charge in [-0.3, -0.25) is 4.18 Å². The number of carbonyl (C=O) groups is 1. The standard InChI is InChI=1S/C18H26FNO5S/c1-18(2,3)25-17(21)20-10-9-16(13-5-7-15(19)8-6-13)14(11-20)12-24-26(4,22)23/h5-8,14,16H,9-12H2,1-4H3. The monoisotopic (exact) mass is 387 g/mol. The van der Waals surface area contributed by atoms with Gasteiger partial charge in [0.2, 0.25) is 0 Å². The second-order valence-electron chi connectivity index (χ2n) is 7.62. The molecule has 146 valence electrons. The molecule has 0 bridgehead atoms. The van der Waals surface area contributed by atoms with Crippen molar-refractivity contribution in [3.05, 3.63) is 35.6 Å². The lowest BCUT2D eigenvalue weighted by molar-refractivity contribution is 0.0114. The molecule has 8 heteroatoms. The average molecular weight is 387 g/mol. The predicted molar refractivity (Wildman–Crippen MR) is 95.9 cm³/mol. The van der Waals surface area contributed by atoms with Gasteiger partial charge in [0.1, 0.15) is 11.4 Å². The lowest BCUT2D eigenvalue weighted by Gasteiger charge is -2.39. The molecular formula is C18H26FNO5S. The number of hydrogen-bond acceptors (Lipinski definition) is 5. The largest absolute Gasteiger partial charge is 0.444 e. The van der Waals surface area contributed by atoms with Crippen molar-refractivity contribution in [3.8, 4) is 0 Å². The van der Waals surface area contributed by atoms with Gasteiger partial charge in [-0.25, -0.2) is 9.18 Å². The third-order valence-corrected chi connectivity index (χ3v) is 4.74. The van der Waals surface area contributed by atoms with Crippen LogP contribution in [0.5, 0.6) is 0 Å². The van der Waals surface area contributed by atoms with Crippen LogP contribution in [0.3, 0.4) is 0 Å². The normalized spacial score (nSPS) is 21.5. The minimum Gasteiger partial charge on any atom is -0.444 e. The van der Waals surface area contributed by atoms with Gasteiger partial charge in [0.15, 0.2) is 0 Å². The highest BCUT2D eigenvalue weighted by molar-refractivity contribution is 7.85. The van der Waals surface area contributed by atoms with Crippen molar-refractivity contribution in [2.75, 3.05) is 26.0 Å². The Balaban J connectivity index is 2.16. The molecule has 0 aromatic heterocycles. The maximum Gasteiger partial charge on any atom is 0.410 e. The molecule has 1 aliphatic heterocycles. The molecule has 2 unspecified atom stereocenters. The topological polar surface area (TPSA) is 72.9 Å². The summed E-state index contributed by atoms with van der Waals surface area (Å²) in [6.07, 6.45) is 1.18. The zero-order chi connectivity index (χ0) is 19.5. The van der Waals surface area contributed by atoms with Gasteiger partial charge in [0.25, 0.3) is 10.1 Å². The van der Waals surface area contributed by atoms with Gasteiger partial charge in [-0.2, -0.15) is 8.42 Å². The Labute approximate surface area is 154 Å². The van der Waals surface area contributed by atoms with Crippen molar-refractivity contribution in [1.29, 1.82) is 0 Å². The van der Waals surface area contributed by atoms with E-state index in [-0.39, 0.29) is 24.3 Å². The molecule has 1 saturated heterocycles. The first-order valence-corrected chi connectivity index (χ1v) is 10.3. The van der Waals surface area contributed by atoms with Crippen molar-refractivity contribution in [2.24, 2.45) is 5.92 Å². The van der Waals surface area contributed by atoms with Crippen LogP contribution in [-0.2, 0) is 19.0 Å². The number of likely N-dealkylation sites (tertiary alicyclic amines) is 1. The molecule has 6 nitrogen and oxygen atoms in total. The van der Waals surface area contributed by atoms with Crippen LogP contribution in [0, 0.1) is 11.7 Å². The average Bonchev–Trinajstić information content (AvgIpc) is 2.51. The van der Waals surface area contributed by atoms with Gasteiger partial charge in [-0.15, -0.1) is 0 Å². The number of piperidine rings is 1. The smallest absolute Gasteiger partial charge is 0.410 e. The highest BCUT2D eigenvalue weighted by atomic mass is 32.2. The second kappa shape index (κ2) is 7.92. The number of benzene rings is 1. The van der Waals surface area contributed by atoms with Crippen molar-refractivity contribution < 1.29 is 26.5 Å². The Kier molecular flexibility index (Phi) is 6.29. The molecule has 0 N–H and O–H groups in total. The molecule has 2 rings (SSSR count). The highest BCUT2D eigenvalue weighted by Gasteiger charge is 2.35. The van der Waals surface area contributed by atoms with Gasteiger partial charge in [-0.1, -0.05) is 12.1 Å². The molecule has 1 heterocycles. The molecule has 1 aliphatic rings. The Morgan fingerprint density at radius 3 is 2.42 bits per heavy atom. The Bertz CT molecular complexity index is 727. The lowest BCUT2D eigenvalue weighted by Crippen LogP contribution is -2.46. The van der Waals surface area contributed by atoms with Gasteiger partial charge >= 0.3 is 6.09 Å². The van der Waals surface area contributed by atoms with Crippen LogP contribution >= 0.6 is 0 Å². The Hall–Kier alpha value is -1.67. The molecule has 0 saturated carbocycles. The molecule has 1 aromatic rings. The van der Waals surface area contributed by atoms with Crippen LogP contribution in [0.2, 0.25) is 0 Å². The number of rotatable bonds is 4. The summed E-state index contributed by atoms with van der Waals surface area (Å²) < 4.78 is 46.4. The number of hydrogen-bond donors (Lipinski definition) is 0. The van der Waals surface area contributed by atoms with E-state index < -0.39 is 21.8 Å². The van der Waals surface area contributed by atoms with Crippen LogP contribution in [0.25, 0.3) is 0 Å². The van der Waals surface area contributed by atoms with Crippen molar-refractivity contribution >= 4 is 16.2 Å². The van der Waals surface area contributed by atoms with E-state index in [2.05, 4.69) is 0 Å². The first-order valence-electron chi connectivity index (χ1n) is 8.52. The summed E-state index contributed by atoms with van der Waals surface area (Å²) in [6, 6.07) is 6.14. The van der Waals surface area contributed by atoms with Crippen LogP contribution < -0.4 is 0 Å². The van der Waals surface area contributed by atoms with E-state index >= 15 is 0 Å². The molecular weight excluding hydrogens is 361 g/mol. The summed E-state index contributed by atoms with van der Waals surface area (Å²) in [5.41, 5.74) is 0.293. The zero-order valence-corrected chi connectivity index (χ0v) is 16.4. The third-order valence-electron chi connectivity index (χ3n) is 4.18. The molecule has 1 amide bonds. The summed E-state index contributed by atoms with van der Waals surface area (Å²) in [6.45, 7) is 6.13. The molecule has 1 aromatic carbocycles. The number of carbonyl (C=O) groups excluding carboxylic acids is 1. The number of halogens is 1. The molecule has 0 spiro atoms. The van der Waals surface area contributed by atoms with Gasteiger partial charge in [0.05, 0.1) is 12.9 Å². The maximum atomic E-state index is 13.2. The second-order valence-corrected chi connectivity index (χ2v) is 9.27. The molecule has 0 aliphatic carbocycles. The highest BCUT2D eigenvalue weighted by Crippen LogP contribution is 2.34. The number of nitrogens with zero attached hydrogens (tertiary/aromatic N) is 1. The fraction of sp³-hybridized carbons (Fsp3) is 0.611. The maximum absolute atomic E-state index is 13.2. The van der Waals surface area contributed by atoms with Gasteiger partial charge in [0, 0.05) is 19.0 Å². The number of ether oxygens (including phenoxy) is 1. The summed E-state index contributed by atoms with van der Waals surface area (Å²) in [5.74, 6) is -0.601. The minimum absolute atomic E-state index is 0.0314. The quantitative estimate of drug-likeness (QED) is 0.742. The fourth-order valence-electron chi connectivity index (χ4n) is 3.05. The summed E-state index contributed by atoms with van der Waals surface area (Å²) in [4.78, 5) is 13.9. The predicted octanol–water partition coefficient (Wildman–Crippen LogP) is 3.14. The first kappa shape index (κ1) is 20.6. The summed E-state index contributed by atoms with van der Waals surface area (Å²) >= 11 is 0. The molecule has 1 fully saturated rings. The Morgan fingerprint density at radius 1 is 1.27 bits per heavy atom. The van der Waals surface area contributed by atoms with E-state index in [9.17, 15) is 17.6 Å². The van der Waals surface area contributed by atoms with Crippen LogP contribution in [0.1, 0.15) is 38.7 Å². The fourth-order valence-corrected chi connectivity index (χ4v) is 3.48. The SMILES string of the molecule is CC(C)(C)OC(=O)N1CCC(c2ccc(F)cc2)C(COS(C)(=O)=O)C1. The Morgan fingerprint density at radius 2 is 1.88 bits per heavy atom. The summed E-state index contributed by atoms with van der Waals surface area (Å²) in [7, 11) is -3.60. The molecule has 2 atom stereocenters. The van der Waals surface area contributed by atoms with Gasteiger partial charge < -0.3 is 9.64 Å². The van der Waals surface area contributed by atoms with Crippen LogP contribution in [-0.4, -0.2) is 51.0 Å². The van der Waals surface area contributed by atoms with E-state index in [1.807, 2.05) is 0 Å². The summed E-state index contributed by atoms with van der Waals surface area (Å²) in [5, 5.41) is 0. The van der Waals surface area contributed by atoms with E-state index in [1.54, 1.807) is 37.8 Å². The van der Waals surface area contributed by atoms with E-state index in [1.165, 1.54) is 12.1 Å². The minimum atomic E-state index is -3.60. The van der Waals surface area contributed by atoms with Crippen molar-refractivity contribution in [3.63, 3.8) is 0 Å². The first-order chi connectivity index (χ1) is 11.9. The number of amides is 1. The van der Waals surface area contributed by atoms with E-state index in [0.717, 1.165) is 11.8 Å². The van der Waals surface area contributed by atoms with Crippen LogP contribution in [0.4, 0.5) is 9.18 Å². The molecule has 0 radical (unpaired) electrons.